The van der Waals surface area contributed by atoms with Crippen LogP contribution in [0.5, 0.6) is 0 Å². The van der Waals surface area contributed by atoms with Crippen LogP contribution in [-0.4, -0.2) is 63.1 Å². The van der Waals surface area contributed by atoms with Gasteiger partial charge in [-0.05, 0) is 56.1 Å². The fourth-order valence-corrected chi connectivity index (χ4v) is 7.67. The Kier molecular flexibility index (Phi) is 6.99. The summed E-state index contributed by atoms with van der Waals surface area (Å²) in [4.78, 5) is 36.8. The summed E-state index contributed by atoms with van der Waals surface area (Å²) in [5, 5.41) is 12.2. The average Bonchev–Trinajstić information content (AvgIpc) is 3.05. The van der Waals surface area contributed by atoms with Crippen molar-refractivity contribution in [3.8, 4) is 0 Å². The number of ether oxygens (including phenoxy) is 1. The van der Waals surface area contributed by atoms with Crippen molar-refractivity contribution in [3.05, 3.63) is 40.3 Å². The summed E-state index contributed by atoms with van der Waals surface area (Å²) in [6.07, 6.45) is 12.0. The van der Waals surface area contributed by atoms with Crippen molar-refractivity contribution in [2.45, 2.75) is 88.6 Å². The SMILES string of the molecule is O=C(O)/C=N/OCc1nc2ccccc2n(C2C[C@H]3COC[C@@H](C2)N3C2CC3CCCCC(C3)C2)c1=O. The van der Waals surface area contributed by atoms with E-state index < -0.39 is 5.97 Å². The van der Waals surface area contributed by atoms with Gasteiger partial charge in [0, 0.05) is 24.2 Å². The number of oxime groups is 1. The number of morpholine rings is 1. The van der Waals surface area contributed by atoms with Crippen LogP contribution in [0.4, 0.5) is 0 Å². The molecule has 9 nitrogen and oxygen atoms in total. The van der Waals surface area contributed by atoms with Gasteiger partial charge in [-0.3, -0.25) is 9.69 Å². The molecular weight excluding hydrogens is 472 g/mol. The second-order valence-electron chi connectivity index (χ2n) is 11.4. The molecule has 3 unspecified atom stereocenters. The minimum atomic E-state index is -1.21. The largest absolute Gasteiger partial charge is 0.477 e. The molecule has 6 rings (SSSR count). The average molecular weight is 509 g/mol. The van der Waals surface area contributed by atoms with E-state index in [0.717, 1.165) is 48.9 Å². The van der Waals surface area contributed by atoms with Gasteiger partial charge in [0.15, 0.2) is 12.8 Å². The molecule has 1 aromatic heterocycles. The highest BCUT2D eigenvalue weighted by Crippen LogP contribution is 2.44. The quantitative estimate of drug-likeness (QED) is 0.468. The number of rotatable bonds is 6. The molecule has 2 aromatic rings. The van der Waals surface area contributed by atoms with Gasteiger partial charge >= 0.3 is 5.97 Å². The van der Waals surface area contributed by atoms with Crippen LogP contribution in [0.25, 0.3) is 11.0 Å². The van der Waals surface area contributed by atoms with Crippen molar-refractivity contribution in [2.75, 3.05) is 13.2 Å². The van der Waals surface area contributed by atoms with Crippen LogP contribution < -0.4 is 5.56 Å². The number of aromatic nitrogens is 2. The maximum absolute atomic E-state index is 13.7. The number of carboxylic acids is 1. The fraction of sp³-hybridized carbons (Fsp3) is 0.643. The maximum Gasteiger partial charge on any atom is 0.350 e. The molecule has 4 bridgehead atoms. The monoisotopic (exact) mass is 508 g/mol. The Morgan fingerprint density at radius 2 is 1.73 bits per heavy atom. The summed E-state index contributed by atoms with van der Waals surface area (Å²) < 4.78 is 7.97. The summed E-state index contributed by atoms with van der Waals surface area (Å²) in [7, 11) is 0. The Bertz CT molecular complexity index is 1200. The number of piperidine rings is 1. The van der Waals surface area contributed by atoms with E-state index in [1.165, 1.54) is 44.9 Å². The highest BCUT2D eigenvalue weighted by atomic mass is 16.6. The van der Waals surface area contributed by atoms with Gasteiger partial charge in [0.25, 0.3) is 5.56 Å². The van der Waals surface area contributed by atoms with Crippen molar-refractivity contribution >= 4 is 23.2 Å². The topological polar surface area (TPSA) is 106 Å². The van der Waals surface area contributed by atoms with Crippen molar-refractivity contribution in [1.29, 1.82) is 0 Å². The molecule has 198 valence electrons. The molecule has 3 heterocycles. The van der Waals surface area contributed by atoms with Crippen molar-refractivity contribution in [3.63, 3.8) is 0 Å². The number of para-hydroxylation sites is 2. The molecule has 2 saturated heterocycles. The maximum atomic E-state index is 13.7. The van der Waals surface area contributed by atoms with Gasteiger partial charge in [0.05, 0.1) is 24.2 Å². The number of fused-ring (bicyclic) bond motifs is 5. The Labute approximate surface area is 216 Å². The lowest BCUT2D eigenvalue weighted by atomic mass is 9.75. The highest BCUT2D eigenvalue weighted by molar-refractivity contribution is 6.21. The minimum Gasteiger partial charge on any atom is -0.477 e. The Morgan fingerprint density at radius 1 is 1.03 bits per heavy atom. The molecule has 1 aromatic carbocycles. The summed E-state index contributed by atoms with van der Waals surface area (Å²) in [5.74, 6) is 0.522. The van der Waals surface area contributed by atoms with Crippen LogP contribution in [0.15, 0.2) is 34.2 Å². The van der Waals surface area contributed by atoms with E-state index in [1.807, 2.05) is 28.8 Å². The molecule has 9 heteroatoms. The van der Waals surface area contributed by atoms with Crippen LogP contribution in [-0.2, 0) is 21.0 Å². The zero-order chi connectivity index (χ0) is 25.4. The van der Waals surface area contributed by atoms with Crippen molar-refractivity contribution in [2.24, 2.45) is 17.0 Å². The van der Waals surface area contributed by atoms with E-state index >= 15 is 0 Å². The zero-order valence-corrected chi connectivity index (χ0v) is 21.2. The Balaban J connectivity index is 1.28. The molecule has 1 N–H and O–H groups in total. The fourth-order valence-electron chi connectivity index (χ4n) is 7.67. The lowest BCUT2D eigenvalue weighted by Crippen LogP contribution is -2.62. The Morgan fingerprint density at radius 3 is 2.43 bits per heavy atom. The molecule has 4 fully saturated rings. The third kappa shape index (κ3) is 5.03. The molecule has 2 aliphatic carbocycles. The smallest absolute Gasteiger partial charge is 0.350 e. The number of hydrogen-bond acceptors (Lipinski definition) is 7. The molecule has 37 heavy (non-hydrogen) atoms. The van der Waals surface area contributed by atoms with E-state index in [9.17, 15) is 9.59 Å². The molecule has 5 atom stereocenters. The normalized spacial score (nSPS) is 32.3. The lowest BCUT2D eigenvalue weighted by Gasteiger charge is -2.54. The summed E-state index contributed by atoms with van der Waals surface area (Å²) >= 11 is 0. The van der Waals surface area contributed by atoms with Crippen molar-refractivity contribution in [1.82, 2.24) is 14.5 Å². The van der Waals surface area contributed by atoms with Crippen LogP contribution >= 0.6 is 0 Å². The van der Waals surface area contributed by atoms with E-state index in [-0.39, 0.29) is 23.9 Å². The first kappa shape index (κ1) is 24.6. The van der Waals surface area contributed by atoms with Crippen LogP contribution in [0.3, 0.4) is 0 Å². The molecule has 0 radical (unpaired) electrons. The second-order valence-corrected chi connectivity index (χ2v) is 11.4. The Hall–Kier alpha value is -2.78. The van der Waals surface area contributed by atoms with Crippen LogP contribution in [0.1, 0.15) is 69.5 Å². The van der Waals surface area contributed by atoms with Gasteiger partial charge < -0.3 is 19.2 Å². The molecular formula is C28H36N4O5. The zero-order valence-electron chi connectivity index (χ0n) is 21.2. The van der Waals surface area contributed by atoms with E-state index in [4.69, 9.17) is 14.7 Å². The van der Waals surface area contributed by atoms with Gasteiger partial charge in [-0.15, -0.1) is 0 Å². The predicted octanol–water partition coefficient (Wildman–Crippen LogP) is 3.75. The second kappa shape index (κ2) is 10.5. The number of aliphatic carboxylic acids is 1. The summed E-state index contributed by atoms with van der Waals surface area (Å²) in [6, 6.07) is 9.00. The highest BCUT2D eigenvalue weighted by Gasteiger charge is 2.45. The number of nitrogens with zero attached hydrogens (tertiary/aromatic N) is 4. The molecule has 4 aliphatic rings. The van der Waals surface area contributed by atoms with Gasteiger partial charge in [-0.2, -0.15) is 0 Å². The summed E-state index contributed by atoms with van der Waals surface area (Å²) in [5.41, 5.74) is 1.60. The summed E-state index contributed by atoms with van der Waals surface area (Å²) in [6.45, 7) is 1.26. The number of carbonyl (C=O) groups is 1. The van der Waals surface area contributed by atoms with Gasteiger partial charge in [0.1, 0.15) is 5.69 Å². The third-order valence-corrected chi connectivity index (χ3v) is 8.99. The van der Waals surface area contributed by atoms with Gasteiger partial charge in [-0.1, -0.05) is 43.0 Å². The van der Waals surface area contributed by atoms with Crippen LogP contribution in [0.2, 0.25) is 0 Å². The first-order chi connectivity index (χ1) is 18.1. The third-order valence-electron chi connectivity index (χ3n) is 8.99. The van der Waals surface area contributed by atoms with Crippen LogP contribution in [0, 0.1) is 11.8 Å². The minimum absolute atomic E-state index is 0.0442. The molecule has 2 aliphatic heterocycles. The van der Waals surface area contributed by atoms with Gasteiger partial charge in [0.2, 0.25) is 0 Å². The first-order valence-corrected chi connectivity index (χ1v) is 13.8. The molecule has 0 amide bonds. The van der Waals surface area contributed by atoms with E-state index in [0.29, 0.717) is 24.3 Å². The van der Waals surface area contributed by atoms with Gasteiger partial charge in [-0.25, -0.2) is 9.78 Å². The first-order valence-electron chi connectivity index (χ1n) is 13.8. The van der Waals surface area contributed by atoms with E-state index in [1.54, 1.807) is 0 Å². The number of hydrogen-bond donors (Lipinski definition) is 1. The molecule has 0 spiro atoms. The standard InChI is InChI=1S/C28H36N4O5/c33-27(34)14-29-37-17-25-28(35)32(26-8-4-3-7-24(26)30-25)21-12-22-15-36-16-23(13-21)31(22)20-10-18-5-1-2-6-19(9-18)11-20/h3-4,7-8,14,18-23H,1-2,5-6,9-13,15-17H2,(H,33,34)/b29-14+/t18?,19?,20?,21?,22-,23+. The van der Waals surface area contributed by atoms with E-state index in [2.05, 4.69) is 15.0 Å². The van der Waals surface area contributed by atoms with Crippen molar-refractivity contribution < 1.29 is 19.5 Å². The predicted molar refractivity (Wildman–Crippen MR) is 139 cm³/mol. The number of benzene rings is 1. The molecule has 2 saturated carbocycles. The lowest BCUT2D eigenvalue weighted by molar-refractivity contribution is -0.129. The number of carboxylic acid groups (broad SMARTS) is 1.